The number of rotatable bonds is 33. The molecule has 0 N–H and O–H groups in total. The van der Waals surface area contributed by atoms with Gasteiger partial charge in [-0.25, -0.2) is 0 Å². The summed E-state index contributed by atoms with van der Waals surface area (Å²) in [5, 5.41) is 0. The summed E-state index contributed by atoms with van der Waals surface area (Å²) < 4.78 is 0. The molecule has 0 aliphatic carbocycles. The molecule has 1 rings (SSSR count). The van der Waals surface area contributed by atoms with Gasteiger partial charge in [-0.1, -0.05) is 194 Å². The molecular formula is C39H78N2. The van der Waals surface area contributed by atoms with E-state index >= 15 is 0 Å². The molecule has 244 valence electrons. The fourth-order valence-corrected chi connectivity index (χ4v) is 6.72. The summed E-state index contributed by atoms with van der Waals surface area (Å²) >= 11 is 0. The summed E-state index contributed by atoms with van der Waals surface area (Å²) in [5.74, 6) is 0. The molecule has 0 saturated carbocycles. The Labute approximate surface area is 260 Å². The smallest absolute Gasteiger partial charge is 0.101 e. The Hall–Kier alpha value is -0.660. The van der Waals surface area contributed by atoms with Gasteiger partial charge in [0.15, 0.2) is 0 Å². The molecule has 0 aromatic carbocycles. The molecular weight excluding hydrogens is 496 g/mol. The predicted octanol–water partition coefficient (Wildman–Crippen LogP) is 13.6. The molecule has 1 aliphatic rings. The second kappa shape index (κ2) is 30.8. The average Bonchev–Trinajstić information content (AvgIpc) is 3.37. The van der Waals surface area contributed by atoms with Crippen LogP contribution in [0.2, 0.25) is 0 Å². The predicted molar refractivity (Wildman–Crippen MR) is 186 cm³/mol. The first-order valence-corrected chi connectivity index (χ1v) is 19.5. The van der Waals surface area contributed by atoms with E-state index in [9.17, 15) is 0 Å². The molecule has 1 aliphatic heterocycles. The van der Waals surface area contributed by atoms with Gasteiger partial charge in [0.25, 0.3) is 0 Å². The highest BCUT2D eigenvalue weighted by atomic mass is 15.4. The van der Waals surface area contributed by atoms with Crippen LogP contribution in [-0.4, -0.2) is 29.1 Å². The lowest BCUT2D eigenvalue weighted by molar-refractivity contribution is 0.135. The van der Waals surface area contributed by atoms with Gasteiger partial charge in [0.2, 0.25) is 0 Å². The van der Waals surface area contributed by atoms with E-state index in [1.807, 2.05) is 0 Å². The van der Waals surface area contributed by atoms with Crippen molar-refractivity contribution in [1.82, 2.24) is 9.80 Å². The number of nitrogens with zero attached hydrogens (tertiary/aromatic N) is 2. The first kappa shape index (κ1) is 38.4. The molecule has 0 bridgehead atoms. The summed E-state index contributed by atoms with van der Waals surface area (Å²) in [7, 11) is 0. The summed E-state index contributed by atoms with van der Waals surface area (Å²) in [6.07, 6.45) is 49.9. The van der Waals surface area contributed by atoms with Crippen LogP contribution < -0.4 is 0 Å². The highest BCUT2D eigenvalue weighted by Gasteiger charge is 2.24. The molecule has 41 heavy (non-hydrogen) atoms. The molecule has 2 nitrogen and oxygen atoms in total. The highest BCUT2D eigenvalue weighted by molar-refractivity contribution is 4.97. The van der Waals surface area contributed by atoms with Crippen LogP contribution in [0.25, 0.3) is 0 Å². The third-order valence-corrected chi connectivity index (χ3v) is 9.57. The molecule has 0 fully saturated rings. The van der Waals surface area contributed by atoms with Crippen molar-refractivity contribution < 1.29 is 0 Å². The van der Waals surface area contributed by atoms with Gasteiger partial charge in [0, 0.05) is 25.5 Å². The largest absolute Gasteiger partial charge is 0.356 e. The number of hydrogen-bond acceptors (Lipinski definition) is 2. The second-order valence-corrected chi connectivity index (χ2v) is 13.6. The maximum absolute atomic E-state index is 2.72. The Morgan fingerprint density at radius 2 is 0.561 bits per heavy atom. The van der Waals surface area contributed by atoms with Crippen LogP contribution in [0.15, 0.2) is 12.4 Å². The molecule has 0 amide bonds. The van der Waals surface area contributed by atoms with Crippen LogP contribution >= 0.6 is 0 Å². The highest BCUT2D eigenvalue weighted by Crippen LogP contribution is 2.24. The molecule has 0 aromatic heterocycles. The third-order valence-electron chi connectivity index (χ3n) is 9.57. The van der Waals surface area contributed by atoms with Gasteiger partial charge in [-0.15, -0.1) is 0 Å². The van der Waals surface area contributed by atoms with E-state index in [0.29, 0.717) is 6.17 Å². The van der Waals surface area contributed by atoms with E-state index in [2.05, 4.69) is 43.0 Å². The fraction of sp³-hybridized carbons (Fsp3) is 0.949. The lowest BCUT2D eigenvalue weighted by atomic mass is 10.0. The van der Waals surface area contributed by atoms with Gasteiger partial charge in [-0.2, -0.15) is 0 Å². The maximum Gasteiger partial charge on any atom is 0.101 e. The first-order chi connectivity index (χ1) is 20.3. The van der Waals surface area contributed by atoms with E-state index in [-0.39, 0.29) is 0 Å². The van der Waals surface area contributed by atoms with E-state index < -0.39 is 0 Å². The van der Waals surface area contributed by atoms with Gasteiger partial charge in [0.05, 0.1) is 0 Å². The van der Waals surface area contributed by atoms with E-state index in [0.717, 1.165) is 0 Å². The Bertz CT molecular complexity index is 530. The Balaban J connectivity index is 2.23. The summed E-state index contributed by atoms with van der Waals surface area (Å²) in [5.41, 5.74) is 0. The van der Waals surface area contributed by atoms with Crippen molar-refractivity contribution in [2.75, 3.05) is 13.1 Å². The van der Waals surface area contributed by atoms with E-state index in [1.165, 1.54) is 212 Å². The quantitative estimate of drug-likeness (QED) is 0.0719. The standard InChI is InChI=1S/C39H78N2/c1-4-7-10-13-16-19-21-23-25-28-31-34-39-40(35-32-29-26-18-15-12-9-6-3)37-38-41(39)36-33-30-27-24-22-20-17-14-11-8-5-2/h37-39H,4-36H2,1-3H3. The van der Waals surface area contributed by atoms with Gasteiger partial charge in [-0.05, 0) is 25.7 Å². The maximum atomic E-state index is 2.72. The molecule has 0 spiro atoms. The van der Waals surface area contributed by atoms with Gasteiger partial charge in [0.1, 0.15) is 6.17 Å². The Morgan fingerprint density at radius 3 is 0.854 bits per heavy atom. The van der Waals surface area contributed by atoms with Gasteiger partial charge in [-0.3, -0.25) is 0 Å². The number of unbranched alkanes of at least 4 members (excludes halogenated alkanes) is 27. The number of hydrogen-bond donors (Lipinski definition) is 0. The SMILES string of the molecule is CCCCCCCCCCCCCC1N(CCCCCCCCCC)C=CN1CCCCCCCCCCCCC. The Kier molecular flexibility index (Phi) is 28.8. The molecule has 2 heteroatoms. The van der Waals surface area contributed by atoms with Crippen LogP contribution in [0.4, 0.5) is 0 Å². The van der Waals surface area contributed by atoms with Crippen LogP contribution in [-0.2, 0) is 0 Å². The topological polar surface area (TPSA) is 6.48 Å². The van der Waals surface area contributed by atoms with E-state index in [1.54, 1.807) is 0 Å². The van der Waals surface area contributed by atoms with Crippen molar-refractivity contribution in [1.29, 1.82) is 0 Å². The van der Waals surface area contributed by atoms with Crippen molar-refractivity contribution in [3.05, 3.63) is 12.4 Å². The molecule has 1 atom stereocenters. The van der Waals surface area contributed by atoms with Crippen molar-refractivity contribution in [3.63, 3.8) is 0 Å². The first-order valence-electron chi connectivity index (χ1n) is 19.5. The monoisotopic (exact) mass is 575 g/mol. The van der Waals surface area contributed by atoms with Crippen molar-refractivity contribution in [2.24, 2.45) is 0 Å². The Morgan fingerprint density at radius 1 is 0.317 bits per heavy atom. The second-order valence-electron chi connectivity index (χ2n) is 13.6. The van der Waals surface area contributed by atoms with Crippen molar-refractivity contribution >= 4 is 0 Å². The minimum atomic E-state index is 0.640. The van der Waals surface area contributed by atoms with Crippen LogP contribution in [0, 0.1) is 0 Å². The molecule has 0 radical (unpaired) electrons. The summed E-state index contributed by atoms with van der Waals surface area (Å²) in [6, 6.07) is 0. The third kappa shape index (κ3) is 23.5. The summed E-state index contributed by atoms with van der Waals surface area (Å²) in [4.78, 5) is 5.43. The fourth-order valence-electron chi connectivity index (χ4n) is 6.72. The average molecular weight is 575 g/mol. The molecule has 1 unspecified atom stereocenters. The van der Waals surface area contributed by atoms with Crippen LogP contribution in [0.5, 0.6) is 0 Å². The zero-order valence-corrected chi connectivity index (χ0v) is 29.0. The molecule has 1 heterocycles. The zero-order chi connectivity index (χ0) is 29.5. The van der Waals surface area contributed by atoms with Crippen LogP contribution in [0.1, 0.15) is 220 Å². The van der Waals surface area contributed by atoms with Gasteiger partial charge < -0.3 is 9.80 Å². The van der Waals surface area contributed by atoms with Crippen molar-refractivity contribution in [2.45, 2.75) is 226 Å². The van der Waals surface area contributed by atoms with Gasteiger partial charge >= 0.3 is 0 Å². The minimum Gasteiger partial charge on any atom is -0.356 e. The lowest BCUT2D eigenvalue weighted by Crippen LogP contribution is -2.39. The minimum absolute atomic E-state index is 0.640. The van der Waals surface area contributed by atoms with Crippen LogP contribution in [0.3, 0.4) is 0 Å². The normalized spacial score (nSPS) is 15.0. The zero-order valence-electron chi connectivity index (χ0n) is 29.0. The van der Waals surface area contributed by atoms with E-state index in [4.69, 9.17) is 0 Å². The lowest BCUT2D eigenvalue weighted by Gasteiger charge is -2.33. The molecule has 0 saturated heterocycles. The molecule has 0 aromatic rings. The van der Waals surface area contributed by atoms with Crippen molar-refractivity contribution in [3.8, 4) is 0 Å². The summed E-state index contributed by atoms with van der Waals surface area (Å²) in [6.45, 7) is 9.48.